The number of carbonyl (C=O) groups excluding carboxylic acids is 2. The predicted octanol–water partition coefficient (Wildman–Crippen LogP) is 5.09. The number of hydrogen-bond acceptors (Lipinski definition) is 3. The fourth-order valence-corrected chi connectivity index (χ4v) is 8.83. The van der Waals surface area contributed by atoms with E-state index in [2.05, 4.69) is 26.8 Å². The lowest BCUT2D eigenvalue weighted by atomic mass is 9.45. The Morgan fingerprint density at radius 2 is 1.93 bits per heavy atom. The van der Waals surface area contributed by atoms with Crippen molar-refractivity contribution < 1.29 is 14.3 Å². The minimum absolute atomic E-state index is 0.00791. The largest absolute Gasteiger partial charge is 0.462 e. The highest BCUT2D eigenvalue weighted by atomic mass is 16.5. The molecule has 5 fully saturated rings. The maximum absolute atomic E-state index is 12.8. The Morgan fingerprint density at radius 3 is 2.57 bits per heavy atom. The first-order chi connectivity index (χ1) is 13.3. The Morgan fingerprint density at radius 1 is 1.14 bits per heavy atom. The Labute approximate surface area is 168 Å². The van der Waals surface area contributed by atoms with Crippen molar-refractivity contribution in [2.45, 2.75) is 84.7 Å². The summed E-state index contributed by atoms with van der Waals surface area (Å²) in [4.78, 5) is 24.7. The minimum atomic E-state index is 0.00791. The summed E-state index contributed by atoms with van der Waals surface area (Å²) in [6.07, 6.45) is 12.0. The van der Waals surface area contributed by atoms with Crippen LogP contribution >= 0.6 is 0 Å². The first-order valence-corrected chi connectivity index (χ1v) is 11.8. The van der Waals surface area contributed by atoms with Gasteiger partial charge in [0.1, 0.15) is 6.10 Å². The molecular formula is C25H34O3. The van der Waals surface area contributed by atoms with Crippen molar-refractivity contribution in [3.63, 3.8) is 0 Å². The molecule has 0 bridgehead atoms. The van der Waals surface area contributed by atoms with E-state index in [0.29, 0.717) is 30.0 Å². The van der Waals surface area contributed by atoms with Gasteiger partial charge in [-0.05, 0) is 86.0 Å². The second-order valence-corrected chi connectivity index (χ2v) is 11.6. The molecule has 1 spiro atoms. The second kappa shape index (κ2) is 5.32. The van der Waals surface area contributed by atoms with E-state index in [4.69, 9.17) is 4.74 Å². The Hall–Kier alpha value is -1.12. The Kier molecular flexibility index (Phi) is 3.37. The molecule has 5 unspecified atom stereocenters. The summed E-state index contributed by atoms with van der Waals surface area (Å²) in [5.74, 6) is 4.00. The summed E-state index contributed by atoms with van der Waals surface area (Å²) in [5.41, 5.74) is 1.91. The van der Waals surface area contributed by atoms with E-state index in [9.17, 15) is 9.59 Å². The quantitative estimate of drug-likeness (QED) is 0.625. The molecule has 0 aromatic heterocycles. The van der Waals surface area contributed by atoms with Crippen LogP contribution in [0.1, 0.15) is 78.6 Å². The van der Waals surface area contributed by atoms with E-state index in [1.807, 2.05) is 0 Å². The Balaban J connectivity index is 1.39. The van der Waals surface area contributed by atoms with E-state index < -0.39 is 0 Å². The maximum Gasteiger partial charge on any atom is 0.306 e. The van der Waals surface area contributed by atoms with Gasteiger partial charge in [0.05, 0.1) is 0 Å². The van der Waals surface area contributed by atoms with Crippen molar-refractivity contribution in [3.05, 3.63) is 11.6 Å². The van der Waals surface area contributed by atoms with Crippen LogP contribution in [-0.2, 0) is 14.3 Å². The van der Waals surface area contributed by atoms with Crippen LogP contribution in [-0.4, -0.2) is 17.9 Å². The molecule has 0 N–H and O–H groups in total. The standard InChI is InChI=1S/C25H34O3/c1-4-16-22-15-11-14(15)18-12-19(26)25(9-10-25)13-24(18,3)17(22)7-8-23(16,2)20-5-6-21(27)28-20/h12,14-17,20,22H,4-11,13H2,1-3H3/t14?,15?,16?,17?,20-,22?,23+,24-/m1/s1. The molecule has 1 heterocycles. The molecule has 6 rings (SSSR count). The van der Waals surface area contributed by atoms with Crippen molar-refractivity contribution >= 4 is 11.8 Å². The molecule has 4 saturated carbocycles. The highest BCUT2D eigenvalue weighted by Crippen LogP contribution is 2.75. The number of carbonyl (C=O) groups is 2. The van der Waals surface area contributed by atoms with Gasteiger partial charge in [0.25, 0.3) is 0 Å². The highest BCUT2D eigenvalue weighted by molar-refractivity contribution is 5.99. The normalized spacial score (nSPS) is 53.0. The summed E-state index contributed by atoms with van der Waals surface area (Å²) < 4.78 is 5.86. The number of cyclic esters (lactones) is 1. The second-order valence-electron chi connectivity index (χ2n) is 11.6. The maximum atomic E-state index is 12.8. The van der Waals surface area contributed by atoms with Gasteiger partial charge in [0.2, 0.25) is 0 Å². The van der Waals surface area contributed by atoms with E-state index in [1.165, 1.54) is 31.3 Å². The monoisotopic (exact) mass is 382 g/mol. The van der Waals surface area contributed by atoms with E-state index in [-0.39, 0.29) is 28.3 Å². The van der Waals surface area contributed by atoms with Crippen LogP contribution < -0.4 is 0 Å². The SMILES string of the molecule is CCC1C2C3CC3C3=CC(=O)C4(CC4)C[C@]3(C)C2CC[C@]1(C)[C@H]1CCC(=O)O1. The number of fused-ring (bicyclic) bond motifs is 6. The summed E-state index contributed by atoms with van der Waals surface area (Å²) in [7, 11) is 0. The van der Waals surface area contributed by atoms with Crippen LogP contribution in [0.25, 0.3) is 0 Å². The van der Waals surface area contributed by atoms with E-state index >= 15 is 0 Å². The van der Waals surface area contributed by atoms with Crippen LogP contribution in [0, 0.1) is 45.8 Å². The smallest absolute Gasteiger partial charge is 0.306 e. The average Bonchev–Trinajstić information content (AvgIpc) is 3.56. The van der Waals surface area contributed by atoms with Gasteiger partial charge in [-0.1, -0.05) is 32.8 Å². The fourth-order valence-electron chi connectivity index (χ4n) is 8.83. The van der Waals surface area contributed by atoms with Gasteiger partial charge in [-0.2, -0.15) is 0 Å². The number of esters is 1. The molecule has 0 radical (unpaired) electrons. The first kappa shape index (κ1) is 17.7. The zero-order chi connectivity index (χ0) is 19.5. The van der Waals surface area contributed by atoms with Gasteiger partial charge in [-0.3, -0.25) is 9.59 Å². The van der Waals surface area contributed by atoms with Gasteiger partial charge in [0.15, 0.2) is 5.78 Å². The topological polar surface area (TPSA) is 43.4 Å². The number of hydrogen-bond donors (Lipinski definition) is 0. The molecule has 28 heavy (non-hydrogen) atoms. The first-order valence-electron chi connectivity index (χ1n) is 11.8. The summed E-state index contributed by atoms with van der Waals surface area (Å²) >= 11 is 0. The van der Waals surface area contributed by atoms with Gasteiger partial charge in [0, 0.05) is 17.3 Å². The molecule has 3 nitrogen and oxygen atoms in total. The summed E-state index contributed by atoms with van der Waals surface area (Å²) in [5, 5.41) is 0. The van der Waals surface area contributed by atoms with Crippen molar-refractivity contribution in [2.24, 2.45) is 45.8 Å². The summed E-state index contributed by atoms with van der Waals surface area (Å²) in [6.45, 7) is 7.31. The molecule has 0 amide bonds. The molecule has 1 saturated heterocycles. The molecule has 3 heteroatoms. The molecule has 1 aliphatic heterocycles. The van der Waals surface area contributed by atoms with Crippen LogP contribution in [0.15, 0.2) is 11.6 Å². The van der Waals surface area contributed by atoms with E-state index in [0.717, 1.165) is 37.5 Å². The third-order valence-corrected chi connectivity index (χ3v) is 10.4. The molecular weight excluding hydrogens is 348 g/mol. The lowest BCUT2D eigenvalue weighted by molar-refractivity contribution is -0.157. The van der Waals surface area contributed by atoms with Crippen molar-refractivity contribution in [2.75, 3.05) is 0 Å². The minimum Gasteiger partial charge on any atom is -0.462 e. The number of ether oxygens (including phenoxy) is 1. The third-order valence-electron chi connectivity index (χ3n) is 10.4. The van der Waals surface area contributed by atoms with Crippen molar-refractivity contribution in [1.29, 1.82) is 0 Å². The van der Waals surface area contributed by atoms with E-state index in [1.54, 1.807) is 0 Å². The lowest BCUT2D eigenvalue weighted by Crippen LogP contribution is -2.55. The van der Waals surface area contributed by atoms with Crippen LogP contribution in [0.5, 0.6) is 0 Å². The van der Waals surface area contributed by atoms with Crippen LogP contribution in [0.4, 0.5) is 0 Å². The van der Waals surface area contributed by atoms with Gasteiger partial charge < -0.3 is 4.74 Å². The number of ketones is 1. The molecule has 5 aliphatic carbocycles. The van der Waals surface area contributed by atoms with Crippen LogP contribution in [0.2, 0.25) is 0 Å². The predicted molar refractivity (Wildman–Crippen MR) is 106 cm³/mol. The third kappa shape index (κ3) is 2.07. The van der Waals surface area contributed by atoms with Crippen molar-refractivity contribution in [1.82, 2.24) is 0 Å². The molecule has 0 aromatic carbocycles. The van der Waals surface area contributed by atoms with Crippen LogP contribution in [0.3, 0.4) is 0 Å². The molecule has 6 aliphatic rings. The Bertz CT molecular complexity index is 792. The molecule has 8 atom stereocenters. The summed E-state index contributed by atoms with van der Waals surface area (Å²) in [6, 6.07) is 0. The fraction of sp³-hybridized carbons (Fsp3) is 0.840. The van der Waals surface area contributed by atoms with Gasteiger partial charge in [-0.15, -0.1) is 0 Å². The number of rotatable bonds is 2. The molecule has 0 aromatic rings. The number of allylic oxidation sites excluding steroid dienone is 2. The van der Waals surface area contributed by atoms with Gasteiger partial charge >= 0.3 is 5.97 Å². The zero-order valence-electron chi connectivity index (χ0n) is 17.6. The zero-order valence-corrected chi connectivity index (χ0v) is 17.6. The molecule has 152 valence electrons. The van der Waals surface area contributed by atoms with Crippen molar-refractivity contribution in [3.8, 4) is 0 Å². The average molecular weight is 383 g/mol. The highest BCUT2D eigenvalue weighted by Gasteiger charge is 2.69. The lowest BCUT2D eigenvalue weighted by Gasteiger charge is -2.60. The van der Waals surface area contributed by atoms with Gasteiger partial charge in [-0.25, -0.2) is 0 Å².